The quantitative estimate of drug-likeness (QED) is 0.604. The van der Waals surface area contributed by atoms with Crippen molar-refractivity contribution in [2.75, 3.05) is 18.5 Å². The van der Waals surface area contributed by atoms with Crippen LogP contribution in [0.5, 0.6) is 0 Å². The van der Waals surface area contributed by atoms with E-state index in [0.717, 1.165) is 12.1 Å². The number of halogens is 3. The average molecular weight is 480 g/mol. The topological polar surface area (TPSA) is 123 Å². The molecule has 9 nitrogen and oxygen atoms in total. The Hall–Kier alpha value is -3.41. The highest BCUT2D eigenvalue weighted by Crippen LogP contribution is 2.40. The van der Waals surface area contributed by atoms with Crippen LogP contribution in [-0.4, -0.2) is 51.9 Å². The van der Waals surface area contributed by atoms with Crippen LogP contribution in [0.2, 0.25) is 0 Å². The smallest absolute Gasteiger partial charge is 0.416 e. The summed E-state index contributed by atoms with van der Waals surface area (Å²) in [5.74, 6) is -3.21. The van der Waals surface area contributed by atoms with Crippen LogP contribution in [-0.2, 0) is 15.7 Å². The fraction of sp³-hybridized carbons (Fsp3) is 0.455. The number of alkyl halides is 3. The Bertz CT molecular complexity index is 1120. The number of anilines is 1. The maximum atomic E-state index is 13.0. The number of rotatable bonds is 5. The van der Waals surface area contributed by atoms with Crippen molar-refractivity contribution in [2.24, 2.45) is 0 Å². The monoisotopic (exact) mass is 480 g/mol. The lowest BCUT2D eigenvalue weighted by atomic mass is 9.85. The molecule has 0 bridgehead atoms. The molecule has 34 heavy (non-hydrogen) atoms. The van der Waals surface area contributed by atoms with Crippen molar-refractivity contribution in [2.45, 2.75) is 50.4 Å². The molecule has 2 aliphatic rings. The molecule has 0 spiro atoms. The SMILES string of the molecule is CCC1c2c(C(=O)O)nn(C3CCOCC3)c2NC(=O)C1NC(=O)c1cccc(C(F)(F)F)c1. The van der Waals surface area contributed by atoms with E-state index in [9.17, 15) is 32.7 Å². The van der Waals surface area contributed by atoms with E-state index in [1.54, 1.807) is 6.92 Å². The van der Waals surface area contributed by atoms with Gasteiger partial charge in [0.05, 0.1) is 11.6 Å². The first kappa shape index (κ1) is 23.7. The Morgan fingerprint density at radius 2 is 2.00 bits per heavy atom. The van der Waals surface area contributed by atoms with Gasteiger partial charge in [0.1, 0.15) is 11.9 Å². The van der Waals surface area contributed by atoms with E-state index in [0.29, 0.717) is 32.1 Å². The molecule has 0 radical (unpaired) electrons. The van der Waals surface area contributed by atoms with E-state index in [2.05, 4.69) is 15.7 Å². The van der Waals surface area contributed by atoms with E-state index < -0.39 is 41.5 Å². The minimum Gasteiger partial charge on any atom is -0.476 e. The first-order valence-electron chi connectivity index (χ1n) is 10.8. The third-order valence-corrected chi connectivity index (χ3v) is 6.16. The van der Waals surface area contributed by atoms with Crippen molar-refractivity contribution >= 4 is 23.6 Å². The highest BCUT2D eigenvalue weighted by molar-refractivity contribution is 6.04. The number of hydrogen-bond donors (Lipinski definition) is 3. The number of carboxylic acid groups (broad SMARTS) is 1. The third-order valence-electron chi connectivity index (χ3n) is 6.16. The van der Waals surface area contributed by atoms with E-state index in [1.165, 1.54) is 10.7 Å². The summed E-state index contributed by atoms with van der Waals surface area (Å²) < 4.78 is 46.0. The summed E-state index contributed by atoms with van der Waals surface area (Å²) in [6.45, 7) is 2.68. The largest absolute Gasteiger partial charge is 0.476 e. The standard InChI is InChI=1S/C22H23F3N4O5/c1-2-14-15-17(21(32)33)28-29(13-6-8-34-9-7-13)18(15)27-20(31)16(14)26-19(30)11-4-3-5-12(10-11)22(23,24)25/h3-5,10,13-14,16H,2,6-9H2,1H3,(H,26,30)(H,27,31)(H,32,33). The summed E-state index contributed by atoms with van der Waals surface area (Å²) in [6, 6.07) is 2.51. The molecule has 1 aromatic carbocycles. The molecule has 2 unspecified atom stereocenters. The summed E-state index contributed by atoms with van der Waals surface area (Å²) >= 11 is 0. The van der Waals surface area contributed by atoms with Crippen molar-refractivity contribution in [1.29, 1.82) is 0 Å². The van der Waals surface area contributed by atoms with Crippen LogP contribution in [0.3, 0.4) is 0 Å². The number of ether oxygens (including phenoxy) is 1. The molecule has 182 valence electrons. The zero-order valence-corrected chi connectivity index (χ0v) is 18.2. The van der Waals surface area contributed by atoms with E-state index in [1.807, 2.05) is 0 Å². The number of hydrogen-bond acceptors (Lipinski definition) is 5. The van der Waals surface area contributed by atoms with Gasteiger partial charge in [0.2, 0.25) is 5.91 Å². The number of carbonyl (C=O) groups is 3. The number of nitrogens with one attached hydrogen (secondary N) is 2. The second-order valence-corrected chi connectivity index (χ2v) is 8.24. The molecule has 2 atom stereocenters. The second-order valence-electron chi connectivity index (χ2n) is 8.24. The van der Waals surface area contributed by atoms with Gasteiger partial charge in [-0.2, -0.15) is 18.3 Å². The number of nitrogens with zero attached hydrogens (tertiary/aromatic N) is 2. The van der Waals surface area contributed by atoms with Gasteiger partial charge >= 0.3 is 12.1 Å². The normalized spacial score (nSPS) is 21.0. The molecular weight excluding hydrogens is 457 g/mol. The highest BCUT2D eigenvalue weighted by Gasteiger charge is 2.43. The fourth-order valence-corrected chi connectivity index (χ4v) is 4.49. The van der Waals surface area contributed by atoms with Crippen molar-refractivity contribution in [3.05, 3.63) is 46.6 Å². The van der Waals surface area contributed by atoms with Crippen molar-refractivity contribution in [3.63, 3.8) is 0 Å². The number of carbonyl (C=O) groups excluding carboxylic acids is 2. The lowest BCUT2D eigenvalue weighted by molar-refractivity contribution is -0.137. The molecule has 2 aliphatic heterocycles. The molecular formula is C22H23F3N4O5. The fourth-order valence-electron chi connectivity index (χ4n) is 4.49. The molecule has 0 aliphatic carbocycles. The molecule has 0 saturated carbocycles. The van der Waals surface area contributed by atoms with Crippen molar-refractivity contribution in [3.8, 4) is 0 Å². The Labute approximate surface area is 192 Å². The number of benzene rings is 1. The van der Waals surface area contributed by atoms with Crippen molar-refractivity contribution in [1.82, 2.24) is 15.1 Å². The van der Waals surface area contributed by atoms with Crippen molar-refractivity contribution < 1.29 is 37.4 Å². The molecule has 1 saturated heterocycles. The molecule has 1 fully saturated rings. The Morgan fingerprint density at radius 3 is 2.62 bits per heavy atom. The predicted octanol–water partition coefficient (Wildman–Crippen LogP) is 3.20. The minimum atomic E-state index is -4.63. The summed E-state index contributed by atoms with van der Waals surface area (Å²) in [5, 5.41) is 19.2. The number of amides is 2. The number of aromatic nitrogens is 2. The minimum absolute atomic E-state index is 0.162. The van der Waals surface area contributed by atoms with Crippen LogP contribution < -0.4 is 10.6 Å². The van der Waals surface area contributed by atoms with Gasteiger partial charge < -0.3 is 20.5 Å². The molecule has 4 rings (SSSR count). The van der Waals surface area contributed by atoms with E-state index in [4.69, 9.17) is 4.74 Å². The van der Waals surface area contributed by atoms with E-state index >= 15 is 0 Å². The molecule has 3 heterocycles. The lowest BCUT2D eigenvalue weighted by Gasteiger charge is -2.33. The Balaban J connectivity index is 1.68. The maximum Gasteiger partial charge on any atom is 0.416 e. The van der Waals surface area contributed by atoms with Crippen LogP contribution in [0, 0.1) is 0 Å². The lowest BCUT2D eigenvalue weighted by Crippen LogP contribution is -2.50. The number of aromatic carboxylic acids is 1. The molecule has 12 heteroatoms. The second kappa shape index (κ2) is 9.09. The zero-order chi connectivity index (χ0) is 24.6. The van der Waals surface area contributed by atoms with E-state index in [-0.39, 0.29) is 35.1 Å². The Morgan fingerprint density at radius 1 is 1.29 bits per heavy atom. The number of fused-ring (bicyclic) bond motifs is 1. The summed E-state index contributed by atoms with van der Waals surface area (Å²) in [7, 11) is 0. The van der Waals surface area contributed by atoms with Crippen LogP contribution in [0.25, 0.3) is 0 Å². The summed E-state index contributed by atoms with van der Waals surface area (Å²) in [4.78, 5) is 37.8. The Kier molecular flexibility index (Phi) is 6.34. The van der Waals surface area contributed by atoms with Gasteiger partial charge in [-0.25, -0.2) is 9.48 Å². The predicted molar refractivity (Wildman–Crippen MR) is 113 cm³/mol. The van der Waals surface area contributed by atoms with Gasteiger partial charge in [-0.3, -0.25) is 9.59 Å². The van der Waals surface area contributed by atoms with Crippen LogP contribution in [0.4, 0.5) is 19.0 Å². The molecule has 2 aromatic rings. The van der Waals surface area contributed by atoms with Gasteiger partial charge in [0.15, 0.2) is 5.69 Å². The average Bonchev–Trinajstić information content (AvgIpc) is 3.19. The first-order valence-corrected chi connectivity index (χ1v) is 10.8. The summed E-state index contributed by atoms with van der Waals surface area (Å²) in [6.07, 6.45) is -3.16. The molecule has 2 amide bonds. The van der Waals surface area contributed by atoms with Crippen LogP contribution in [0.1, 0.15) is 70.1 Å². The number of carboxylic acids is 1. The van der Waals surface area contributed by atoms with Gasteiger partial charge in [-0.05, 0) is 37.5 Å². The van der Waals surface area contributed by atoms with Gasteiger partial charge in [0, 0.05) is 30.3 Å². The summed E-state index contributed by atoms with van der Waals surface area (Å²) in [5.41, 5.74) is -1.20. The highest BCUT2D eigenvalue weighted by atomic mass is 19.4. The van der Waals surface area contributed by atoms with Gasteiger partial charge in [0.25, 0.3) is 5.91 Å². The molecule has 1 aromatic heterocycles. The van der Waals surface area contributed by atoms with Gasteiger partial charge in [-0.1, -0.05) is 13.0 Å². The third kappa shape index (κ3) is 4.37. The van der Waals surface area contributed by atoms with Crippen LogP contribution >= 0.6 is 0 Å². The molecule has 3 N–H and O–H groups in total. The maximum absolute atomic E-state index is 13.0. The zero-order valence-electron chi connectivity index (χ0n) is 18.2. The van der Waals surface area contributed by atoms with Crippen LogP contribution in [0.15, 0.2) is 24.3 Å². The van der Waals surface area contributed by atoms with Gasteiger partial charge in [-0.15, -0.1) is 0 Å². The first-order chi connectivity index (χ1) is 16.1.